The summed E-state index contributed by atoms with van der Waals surface area (Å²) in [6, 6.07) is 0.313. The van der Waals surface area contributed by atoms with E-state index in [9.17, 15) is 4.79 Å². The molecule has 0 aromatic carbocycles. The van der Waals surface area contributed by atoms with Crippen LogP contribution in [0.5, 0.6) is 0 Å². The summed E-state index contributed by atoms with van der Waals surface area (Å²) in [5.41, 5.74) is 0. The van der Waals surface area contributed by atoms with Crippen molar-refractivity contribution in [2.45, 2.75) is 32.7 Å². The van der Waals surface area contributed by atoms with Crippen molar-refractivity contribution in [3.63, 3.8) is 0 Å². The van der Waals surface area contributed by atoms with Gasteiger partial charge >= 0.3 is 0 Å². The molecule has 1 unspecified atom stereocenters. The number of rotatable bonds is 7. The van der Waals surface area contributed by atoms with Crippen molar-refractivity contribution in [1.29, 1.82) is 0 Å². The Kier molecular flexibility index (Phi) is 6.76. The van der Waals surface area contributed by atoms with Crippen molar-refractivity contribution >= 4 is 6.41 Å². The molecule has 0 aromatic rings. The van der Waals surface area contributed by atoms with Gasteiger partial charge in [0.25, 0.3) is 0 Å². The molecule has 3 nitrogen and oxygen atoms in total. The van der Waals surface area contributed by atoms with Crippen LogP contribution in [0, 0.1) is 0 Å². The third-order valence-electron chi connectivity index (χ3n) is 2.07. The van der Waals surface area contributed by atoms with Crippen molar-refractivity contribution < 1.29 is 4.79 Å². The molecule has 0 aliphatic carbocycles. The third-order valence-corrected chi connectivity index (χ3v) is 2.07. The third kappa shape index (κ3) is 6.16. The van der Waals surface area contributed by atoms with Crippen molar-refractivity contribution in [3.05, 3.63) is 0 Å². The minimum Gasteiger partial charge on any atom is -0.356 e. The van der Waals surface area contributed by atoms with E-state index in [0.29, 0.717) is 6.04 Å². The Bertz CT molecular complexity index is 117. The van der Waals surface area contributed by atoms with Gasteiger partial charge in [-0.25, -0.2) is 0 Å². The van der Waals surface area contributed by atoms with E-state index in [0.717, 1.165) is 32.3 Å². The highest BCUT2D eigenvalue weighted by molar-refractivity contribution is 5.46. The maximum Gasteiger partial charge on any atom is 0.207 e. The van der Waals surface area contributed by atoms with Crippen molar-refractivity contribution in [1.82, 2.24) is 10.2 Å². The smallest absolute Gasteiger partial charge is 0.207 e. The van der Waals surface area contributed by atoms with Gasteiger partial charge < -0.3 is 10.2 Å². The average molecular weight is 172 g/mol. The molecule has 1 N–H and O–H groups in total. The standard InChI is InChI=1S/C9H20N2O/c1-4-11(3)7-5-6-9(2)10-8-12/h8-9H,4-7H2,1-3H3,(H,10,12). The van der Waals surface area contributed by atoms with Crippen molar-refractivity contribution in [3.8, 4) is 0 Å². The first kappa shape index (κ1) is 11.4. The summed E-state index contributed by atoms with van der Waals surface area (Å²) < 4.78 is 0. The van der Waals surface area contributed by atoms with E-state index in [1.807, 2.05) is 6.92 Å². The van der Waals surface area contributed by atoms with Gasteiger partial charge in [-0.3, -0.25) is 4.79 Å². The van der Waals surface area contributed by atoms with E-state index in [1.54, 1.807) is 0 Å². The monoisotopic (exact) mass is 172 g/mol. The second kappa shape index (κ2) is 7.10. The molecule has 0 saturated heterocycles. The Morgan fingerprint density at radius 2 is 2.25 bits per heavy atom. The average Bonchev–Trinajstić information content (AvgIpc) is 2.04. The maximum absolute atomic E-state index is 10.0. The molecule has 1 atom stereocenters. The van der Waals surface area contributed by atoms with E-state index >= 15 is 0 Å². The molecule has 1 amide bonds. The van der Waals surface area contributed by atoms with E-state index in [4.69, 9.17) is 0 Å². The molecule has 0 bridgehead atoms. The fourth-order valence-corrected chi connectivity index (χ4v) is 1.02. The highest BCUT2D eigenvalue weighted by atomic mass is 16.1. The van der Waals surface area contributed by atoms with Crippen LogP contribution in [0.15, 0.2) is 0 Å². The first-order valence-electron chi connectivity index (χ1n) is 4.59. The lowest BCUT2D eigenvalue weighted by Crippen LogP contribution is -2.26. The van der Waals surface area contributed by atoms with Gasteiger partial charge in [0.2, 0.25) is 6.41 Å². The molecule has 0 fully saturated rings. The predicted octanol–water partition coefficient (Wildman–Crippen LogP) is 0.853. The SMILES string of the molecule is CCN(C)CCCC(C)NC=O. The van der Waals surface area contributed by atoms with Crippen molar-refractivity contribution in [2.24, 2.45) is 0 Å². The first-order chi connectivity index (χ1) is 5.70. The van der Waals surface area contributed by atoms with Gasteiger partial charge in [-0.2, -0.15) is 0 Å². The van der Waals surface area contributed by atoms with Gasteiger partial charge in [0.15, 0.2) is 0 Å². The number of carbonyl (C=O) groups is 1. The van der Waals surface area contributed by atoms with Gasteiger partial charge in [0.05, 0.1) is 0 Å². The van der Waals surface area contributed by atoms with Gasteiger partial charge in [-0.05, 0) is 39.9 Å². The van der Waals surface area contributed by atoms with Crippen LogP contribution in [-0.2, 0) is 4.79 Å². The molecule has 0 aromatic heterocycles. The highest BCUT2D eigenvalue weighted by Gasteiger charge is 2.00. The Morgan fingerprint density at radius 3 is 2.75 bits per heavy atom. The molecular weight excluding hydrogens is 152 g/mol. The second-order valence-corrected chi connectivity index (χ2v) is 3.22. The van der Waals surface area contributed by atoms with Gasteiger partial charge in [0.1, 0.15) is 0 Å². The minimum atomic E-state index is 0.313. The zero-order valence-corrected chi connectivity index (χ0v) is 8.34. The maximum atomic E-state index is 10.0. The summed E-state index contributed by atoms with van der Waals surface area (Å²) >= 11 is 0. The molecule has 0 saturated carbocycles. The Hall–Kier alpha value is -0.570. The minimum absolute atomic E-state index is 0.313. The summed E-state index contributed by atoms with van der Waals surface area (Å²) in [5, 5.41) is 2.74. The van der Waals surface area contributed by atoms with Crippen LogP contribution in [0.4, 0.5) is 0 Å². The summed E-state index contributed by atoms with van der Waals surface area (Å²) in [6.45, 7) is 6.38. The number of nitrogens with zero attached hydrogens (tertiary/aromatic N) is 1. The lowest BCUT2D eigenvalue weighted by molar-refractivity contribution is -0.110. The van der Waals surface area contributed by atoms with E-state index < -0.39 is 0 Å². The van der Waals surface area contributed by atoms with Crippen LogP contribution < -0.4 is 5.32 Å². The van der Waals surface area contributed by atoms with E-state index in [-0.39, 0.29) is 0 Å². The second-order valence-electron chi connectivity index (χ2n) is 3.22. The summed E-state index contributed by atoms with van der Waals surface area (Å²) in [4.78, 5) is 12.3. The van der Waals surface area contributed by atoms with Crippen LogP contribution in [0.25, 0.3) is 0 Å². The summed E-state index contributed by atoms with van der Waals surface area (Å²) in [6.07, 6.45) is 2.98. The Labute approximate surface area is 75.1 Å². The quantitative estimate of drug-likeness (QED) is 0.577. The predicted molar refractivity (Wildman–Crippen MR) is 51.1 cm³/mol. The molecule has 0 heterocycles. The molecular formula is C9H20N2O. The largest absolute Gasteiger partial charge is 0.356 e. The number of carbonyl (C=O) groups excluding carboxylic acids is 1. The van der Waals surface area contributed by atoms with Gasteiger partial charge in [0, 0.05) is 6.04 Å². The molecule has 3 heteroatoms. The first-order valence-corrected chi connectivity index (χ1v) is 4.59. The van der Waals surface area contributed by atoms with E-state index in [2.05, 4.69) is 24.2 Å². The molecule has 72 valence electrons. The van der Waals surface area contributed by atoms with Crippen LogP contribution in [0.3, 0.4) is 0 Å². The highest BCUT2D eigenvalue weighted by Crippen LogP contribution is 1.96. The molecule has 12 heavy (non-hydrogen) atoms. The van der Waals surface area contributed by atoms with Crippen molar-refractivity contribution in [2.75, 3.05) is 20.1 Å². The fraction of sp³-hybridized carbons (Fsp3) is 0.889. The van der Waals surface area contributed by atoms with Crippen LogP contribution in [0.1, 0.15) is 26.7 Å². The Balaban J connectivity index is 3.23. The van der Waals surface area contributed by atoms with Crippen LogP contribution >= 0.6 is 0 Å². The number of amides is 1. The zero-order chi connectivity index (χ0) is 9.40. The number of hydrogen-bond acceptors (Lipinski definition) is 2. The molecule has 0 aliphatic rings. The van der Waals surface area contributed by atoms with Gasteiger partial charge in [-0.1, -0.05) is 6.92 Å². The van der Waals surface area contributed by atoms with Gasteiger partial charge in [-0.15, -0.1) is 0 Å². The number of hydrogen-bond donors (Lipinski definition) is 1. The summed E-state index contributed by atoms with van der Waals surface area (Å²) in [7, 11) is 2.11. The Morgan fingerprint density at radius 1 is 1.58 bits per heavy atom. The molecule has 0 rings (SSSR count). The molecule has 0 radical (unpaired) electrons. The molecule has 0 spiro atoms. The zero-order valence-electron chi connectivity index (χ0n) is 8.34. The van der Waals surface area contributed by atoms with E-state index in [1.165, 1.54) is 0 Å². The summed E-state index contributed by atoms with van der Waals surface area (Å²) in [5.74, 6) is 0. The molecule has 0 aliphatic heterocycles. The normalized spacial score (nSPS) is 13.0. The number of nitrogens with one attached hydrogen (secondary N) is 1. The lowest BCUT2D eigenvalue weighted by Gasteiger charge is -2.15. The lowest BCUT2D eigenvalue weighted by atomic mass is 10.2. The fourth-order valence-electron chi connectivity index (χ4n) is 1.02. The van der Waals surface area contributed by atoms with Crippen LogP contribution in [0.2, 0.25) is 0 Å². The topological polar surface area (TPSA) is 32.3 Å². The van der Waals surface area contributed by atoms with Crippen LogP contribution in [-0.4, -0.2) is 37.5 Å².